The maximum atomic E-state index is 15.2. The summed E-state index contributed by atoms with van der Waals surface area (Å²) < 4.78 is 55.2. The SMILES string of the molecule is COc1ccc2c(c1)C(CCC(=O)O)CN2S(=O)(=O)c1cccc(-c2ccc(OCc3ccccc3)cc2F)c1. The third kappa shape index (κ3) is 5.65. The zero-order chi connectivity index (χ0) is 28.3. The molecule has 1 N–H and O–H groups in total. The number of aliphatic carboxylic acids is 1. The Morgan fingerprint density at radius 2 is 1.75 bits per heavy atom. The standard InChI is InChI=1S/C31H28FNO6S/c1-38-24-12-14-30-28(17-24)23(10-15-31(34)35)19-33(30)40(36,37)26-9-5-8-22(16-26)27-13-11-25(18-29(27)32)39-20-21-6-3-2-4-7-21/h2-9,11-14,16-18,23H,10,15,19-20H2,1H3,(H,34,35). The van der Waals surface area contributed by atoms with E-state index in [1.165, 1.54) is 29.6 Å². The minimum atomic E-state index is -4.04. The van der Waals surface area contributed by atoms with E-state index in [-0.39, 0.29) is 35.8 Å². The van der Waals surface area contributed by atoms with Gasteiger partial charge in [0.05, 0.1) is 17.7 Å². The number of hydrogen-bond acceptors (Lipinski definition) is 5. The number of fused-ring (bicyclic) bond motifs is 1. The third-order valence-electron chi connectivity index (χ3n) is 6.96. The largest absolute Gasteiger partial charge is 0.497 e. The molecule has 0 fully saturated rings. The lowest BCUT2D eigenvalue weighted by atomic mass is 9.96. The van der Waals surface area contributed by atoms with Gasteiger partial charge in [0.15, 0.2) is 0 Å². The number of ether oxygens (including phenoxy) is 2. The fourth-order valence-electron chi connectivity index (χ4n) is 4.89. The Balaban J connectivity index is 1.41. The topological polar surface area (TPSA) is 93.1 Å². The Labute approximate surface area is 232 Å². The minimum absolute atomic E-state index is 0.00876. The molecule has 40 heavy (non-hydrogen) atoms. The van der Waals surface area contributed by atoms with Crippen LogP contribution in [0.4, 0.5) is 10.1 Å². The van der Waals surface area contributed by atoms with Crippen molar-refractivity contribution in [3.05, 3.63) is 108 Å². The first-order valence-electron chi connectivity index (χ1n) is 12.8. The smallest absolute Gasteiger partial charge is 0.303 e. The molecule has 0 amide bonds. The van der Waals surface area contributed by atoms with Crippen molar-refractivity contribution in [3.63, 3.8) is 0 Å². The van der Waals surface area contributed by atoms with Crippen molar-refractivity contribution in [2.75, 3.05) is 18.0 Å². The quantitative estimate of drug-likeness (QED) is 0.247. The molecule has 0 spiro atoms. The van der Waals surface area contributed by atoms with Crippen molar-refractivity contribution in [3.8, 4) is 22.6 Å². The van der Waals surface area contributed by atoms with Crippen molar-refractivity contribution < 1.29 is 32.2 Å². The van der Waals surface area contributed by atoms with Gasteiger partial charge >= 0.3 is 5.97 Å². The second-order valence-electron chi connectivity index (χ2n) is 9.53. The van der Waals surface area contributed by atoms with Gasteiger partial charge in [0, 0.05) is 30.5 Å². The van der Waals surface area contributed by atoms with Crippen LogP contribution in [-0.2, 0) is 21.4 Å². The van der Waals surface area contributed by atoms with Crippen LogP contribution >= 0.6 is 0 Å². The predicted octanol–water partition coefficient (Wildman–Crippen LogP) is 6.24. The van der Waals surface area contributed by atoms with Crippen LogP contribution < -0.4 is 13.8 Å². The van der Waals surface area contributed by atoms with Gasteiger partial charge in [0.2, 0.25) is 0 Å². The number of halogens is 1. The second-order valence-corrected chi connectivity index (χ2v) is 11.4. The Kier molecular flexibility index (Phi) is 7.75. The molecule has 1 unspecified atom stereocenters. The molecule has 0 bridgehead atoms. The maximum Gasteiger partial charge on any atom is 0.303 e. The lowest BCUT2D eigenvalue weighted by molar-refractivity contribution is -0.137. The lowest BCUT2D eigenvalue weighted by Gasteiger charge is -2.21. The summed E-state index contributed by atoms with van der Waals surface area (Å²) in [6.07, 6.45) is 0.195. The van der Waals surface area contributed by atoms with E-state index in [0.717, 1.165) is 11.1 Å². The first kappa shape index (κ1) is 27.2. The Hall–Kier alpha value is -4.37. The summed E-state index contributed by atoms with van der Waals surface area (Å²) in [6.45, 7) is 0.397. The second kappa shape index (κ2) is 11.4. The van der Waals surface area contributed by atoms with Crippen molar-refractivity contribution in [1.29, 1.82) is 0 Å². The van der Waals surface area contributed by atoms with E-state index in [9.17, 15) is 18.3 Å². The summed E-state index contributed by atoms with van der Waals surface area (Å²) in [5.74, 6) is -0.859. The van der Waals surface area contributed by atoms with E-state index in [4.69, 9.17) is 9.47 Å². The highest BCUT2D eigenvalue weighted by molar-refractivity contribution is 7.92. The zero-order valence-corrected chi connectivity index (χ0v) is 22.6. The van der Waals surface area contributed by atoms with E-state index in [1.807, 2.05) is 30.3 Å². The molecule has 1 atom stereocenters. The molecule has 0 saturated heterocycles. The van der Waals surface area contributed by atoms with E-state index in [1.54, 1.807) is 42.5 Å². The number of benzene rings is 4. The molecule has 1 aliphatic rings. The van der Waals surface area contributed by atoms with Gasteiger partial charge in [0.25, 0.3) is 10.0 Å². The van der Waals surface area contributed by atoms with Crippen LogP contribution in [0.25, 0.3) is 11.1 Å². The summed E-state index contributed by atoms with van der Waals surface area (Å²) in [7, 11) is -2.52. The van der Waals surface area contributed by atoms with E-state index < -0.39 is 21.8 Å². The average molecular weight is 562 g/mol. The van der Waals surface area contributed by atoms with Gasteiger partial charge in [-0.2, -0.15) is 0 Å². The number of carbonyl (C=O) groups is 1. The molecule has 0 saturated carbocycles. The number of sulfonamides is 1. The third-order valence-corrected chi connectivity index (χ3v) is 8.73. The molecule has 0 aliphatic carbocycles. The number of rotatable bonds is 10. The molecule has 5 rings (SSSR count). The zero-order valence-electron chi connectivity index (χ0n) is 21.8. The van der Waals surface area contributed by atoms with Crippen molar-refractivity contribution >= 4 is 21.7 Å². The molecular weight excluding hydrogens is 533 g/mol. The first-order chi connectivity index (χ1) is 19.3. The number of nitrogens with zero attached hydrogens (tertiary/aromatic N) is 1. The van der Waals surface area contributed by atoms with E-state index in [0.29, 0.717) is 29.4 Å². The molecule has 1 heterocycles. The number of hydrogen-bond donors (Lipinski definition) is 1. The lowest BCUT2D eigenvalue weighted by Crippen LogP contribution is -2.30. The van der Waals surface area contributed by atoms with Crippen LogP contribution in [0.5, 0.6) is 11.5 Å². The van der Waals surface area contributed by atoms with Crippen LogP contribution in [0, 0.1) is 5.82 Å². The Bertz CT molecular complexity index is 1640. The molecule has 206 valence electrons. The molecule has 9 heteroatoms. The van der Waals surface area contributed by atoms with Gasteiger partial charge in [0.1, 0.15) is 23.9 Å². The fraction of sp³-hybridized carbons (Fsp3) is 0.194. The minimum Gasteiger partial charge on any atom is -0.497 e. The summed E-state index contributed by atoms with van der Waals surface area (Å²) >= 11 is 0. The van der Waals surface area contributed by atoms with Crippen LogP contribution in [0.2, 0.25) is 0 Å². The number of carboxylic acids is 1. The van der Waals surface area contributed by atoms with Crippen LogP contribution in [0.1, 0.15) is 29.9 Å². The molecule has 0 aromatic heterocycles. The predicted molar refractivity (Wildman–Crippen MR) is 150 cm³/mol. The van der Waals surface area contributed by atoms with Gasteiger partial charge in [-0.15, -0.1) is 0 Å². The number of carboxylic acid groups (broad SMARTS) is 1. The molecule has 0 radical (unpaired) electrons. The van der Waals surface area contributed by atoms with Gasteiger partial charge in [-0.1, -0.05) is 42.5 Å². The highest BCUT2D eigenvalue weighted by atomic mass is 32.2. The molecule has 4 aromatic carbocycles. The monoisotopic (exact) mass is 561 g/mol. The average Bonchev–Trinajstić information content (AvgIpc) is 3.34. The van der Waals surface area contributed by atoms with Crippen LogP contribution in [0.15, 0.2) is 95.9 Å². The van der Waals surface area contributed by atoms with Crippen molar-refractivity contribution in [2.24, 2.45) is 0 Å². The Morgan fingerprint density at radius 1 is 0.975 bits per heavy atom. The van der Waals surface area contributed by atoms with Crippen molar-refractivity contribution in [1.82, 2.24) is 0 Å². The summed E-state index contributed by atoms with van der Waals surface area (Å²) in [5.41, 5.74) is 2.81. The normalized spacial score (nSPS) is 14.6. The highest BCUT2D eigenvalue weighted by Crippen LogP contribution is 2.43. The summed E-state index contributed by atoms with van der Waals surface area (Å²) in [6, 6.07) is 25.3. The molecule has 1 aliphatic heterocycles. The van der Waals surface area contributed by atoms with E-state index in [2.05, 4.69) is 0 Å². The van der Waals surface area contributed by atoms with Crippen LogP contribution in [-0.4, -0.2) is 33.1 Å². The Morgan fingerprint density at radius 3 is 2.48 bits per heavy atom. The van der Waals surface area contributed by atoms with Gasteiger partial charge in [-0.05, 0) is 65.6 Å². The summed E-state index contributed by atoms with van der Waals surface area (Å²) in [5, 5.41) is 9.19. The van der Waals surface area contributed by atoms with Gasteiger partial charge in [-0.25, -0.2) is 12.8 Å². The molecular formula is C31H28FNO6S. The van der Waals surface area contributed by atoms with Crippen molar-refractivity contribution in [2.45, 2.75) is 30.3 Å². The number of anilines is 1. The number of methoxy groups -OCH3 is 1. The van der Waals surface area contributed by atoms with Gasteiger partial charge in [-0.3, -0.25) is 9.10 Å². The fourth-order valence-corrected chi connectivity index (χ4v) is 6.48. The van der Waals surface area contributed by atoms with E-state index >= 15 is 4.39 Å². The van der Waals surface area contributed by atoms with Gasteiger partial charge < -0.3 is 14.6 Å². The summed E-state index contributed by atoms with van der Waals surface area (Å²) in [4.78, 5) is 11.2. The van der Waals surface area contributed by atoms with Crippen LogP contribution in [0.3, 0.4) is 0 Å². The molecule has 7 nitrogen and oxygen atoms in total. The first-order valence-corrected chi connectivity index (χ1v) is 14.2. The molecule has 4 aromatic rings. The highest BCUT2D eigenvalue weighted by Gasteiger charge is 2.37. The maximum absolute atomic E-state index is 15.2.